The Hall–Kier alpha value is -5.10. The minimum Gasteiger partial charge on any atom is -0.377 e. The second kappa shape index (κ2) is 12.4. The van der Waals surface area contributed by atoms with Crippen molar-refractivity contribution in [3.8, 4) is 22.8 Å². The van der Waals surface area contributed by atoms with Gasteiger partial charge in [-0.3, -0.25) is 4.98 Å². The fourth-order valence-electron chi connectivity index (χ4n) is 4.46. The van der Waals surface area contributed by atoms with E-state index in [4.69, 9.17) is 19.7 Å². The Bertz CT molecular complexity index is 1490. The van der Waals surface area contributed by atoms with Crippen LogP contribution in [0.4, 0.5) is 32.6 Å². The lowest BCUT2D eigenvalue weighted by Gasteiger charge is -2.38. The van der Waals surface area contributed by atoms with Gasteiger partial charge >= 0.3 is 12.1 Å². The van der Waals surface area contributed by atoms with Crippen molar-refractivity contribution in [2.45, 2.75) is 25.9 Å². The van der Waals surface area contributed by atoms with Crippen molar-refractivity contribution < 1.29 is 14.3 Å². The Morgan fingerprint density at radius 1 is 0.707 bits per heavy atom. The van der Waals surface area contributed by atoms with Crippen LogP contribution in [0.5, 0.6) is 0 Å². The first-order valence-electron chi connectivity index (χ1n) is 13.2. The molecule has 5 rings (SSSR count). The Balaban J connectivity index is 1.43. The monoisotopic (exact) mass is 553 g/mol. The molecule has 0 bridgehead atoms. The standard InChI is InChI=1S/C29H31N9O3/c1-18-16-41-17-19(2)38(18)27-36-25(20-4-8-22(9-5-20)32-28(39)30-3)35-26(37-27)21-6-10-23(11-7-21)33-29(40)34-24-12-14-31-15-13-24/h4-15,18-19H,16-17H2,1-3H3,(H2,30,32,39)(H2,31,33,34,40). The number of carbonyl (C=O) groups excluding carboxylic acids is 2. The lowest BCUT2D eigenvalue weighted by atomic mass is 10.1. The van der Waals surface area contributed by atoms with E-state index in [0.29, 0.717) is 47.9 Å². The summed E-state index contributed by atoms with van der Waals surface area (Å²) in [5, 5.41) is 10.9. The van der Waals surface area contributed by atoms with Gasteiger partial charge in [-0.25, -0.2) is 14.6 Å². The van der Waals surface area contributed by atoms with Gasteiger partial charge in [0.25, 0.3) is 0 Å². The Labute approximate surface area is 237 Å². The molecular formula is C29H31N9O3. The number of morpholine rings is 1. The molecule has 0 radical (unpaired) electrons. The van der Waals surface area contributed by atoms with Crippen molar-refractivity contribution in [2.75, 3.05) is 41.1 Å². The first-order valence-corrected chi connectivity index (χ1v) is 13.2. The zero-order chi connectivity index (χ0) is 28.8. The topological polar surface area (TPSA) is 146 Å². The number of anilines is 4. The summed E-state index contributed by atoms with van der Waals surface area (Å²) in [6.07, 6.45) is 3.21. The van der Waals surface area contributed by atoms with Gasteiger partial charge in [-0.2, -0.15) is 9.97 Å². The summed E-state index contributed by atoms with van der Waals surface area (Å²) in [4.78, 5) is 44.7. The van der Waals surface area contributed by atoms with Crippen LogP contribution in [0.3, 0.4) is 0 Å². The number of pyridine rings is 1. The second-order valence-electron chi connectivity index (χ2n) is 9.60. The molecule has 12 nitrogen and oxygen atoms in total. The summed E-state index contributed by atoms with van der Waals surface area (Å²) in [5.41, 5.74) is 3.44. The predicted molar refractivity (Wildman–Crippen MR) is 158 cm³/mol. The third kappa shape index (κ3) is 6.73. The second-order valence-corrected chi connectivity index (χ2v) is 9.60. The fraction of sp³-hybridized carbons (Fsp3) is 0.241. The number of benzene rings is 2. The Kier molecular flexibility index (Phi) is 8.30. The average Bonchev–Trinajstić information content (AvgIpc) is 2.98. The van der Waals surface area contributed by atoms with E-state index >= 15 is 0 Å². The molecule has 2 unspecified atom stereocenters. The van der Waals surface area contributed by atoms with Crippen LogP contribution in [0, 0.1) is 0 Å². The lowest BCUT2D eigenvalue weighted by molar-refractivity contribution is 0.0747. The summed E-state index contributed by atoms with van der Waals surface area (Å²) in [7, 11) is 1.56. The largest absolute Gasteiger partial charge is 0.377 e. The van der Waals surface area contributed by atoms with Crippen LogP contribution >= 0.6 is 0 Å². The maximum Gasteiger partial charge on any atom is 0.323 e. The molecule has 12 heteroatoms. The third-order valence-corrected chi connectivity index (χ3v) is 6.49. The number of nitrogens with zero attached hydrogens (tertiary/aromatic N) is 5. The number of amides is 4. The molecule has 4 amide bonds. The maximum absolute atomic E-state index is 12.4. The smallest absolute Gasteiger partial charge is 0.323 e. The van der Waals surface area contributed by atoms with E-state index in [9.17, 15) is 9.59 Å². The molecule has 2 aromatic heterocycles. The van der Waals surface area contributed by atoms with E-state index in [0.717, 1.165) is 11.1 Å². The van der Waals surface area contributed by atoms with E-state index in [1.165, 1.54) is 0 Å². The predicted octanol–water partition coefficient (Wildman–Crippen LogP) is 4.61. The van der Waals surface area contributed by atoms with Gasteiger partial charge in [-0.1, -0.05) is 0 Å². The van der Waals surface area contributed by atoms with Crippen LogP contribution in [0.25, 0.3) is 22.8 Å². The number of carbonyl (C=O) groups is 2. The highest BCUT2D eigenvalue weighted by molar-refractivity contribution is 5.99. The summed E-state index contributed by atoms with van der Waals surface area (Å²) in [5.74, 6) is 1.55. The van der Waals surface area contributed by atoms with Gasteiger partial charge in [0, 0.05) is 47.6 Å². The number of hydrogen-bond acceptors (Lipinski definition) is 8. The summed E-state index contributed by atoms with van der Waals surface area (Å²) in [6.45, 7) is 5.30. The molecule has 1 aliphatic heterocycles. The molecule has 2 aromatic carbocycles. The van der Waals surface area contributed by atoms with Gasteiger partial charge in [0.05, 0.1) is 25.3 Å². The third-order valence-electron chi connectivity index (χ3n) is 6.49. The van der Waals surface area contributed by atoms with Crippen molar-refractivity contribution in [2.24, 2.45) is 0 Å². The molecule has 0 spiro atoms. The number of urea groups is 2. The molecule has 4 aromatic rings. The molecule has 1 aliphatic rings. The average molecular weight is 554 g/mol. The van der Waals surface area contributed by atoms with Gasteiger partial charge in [-0.15, -0.1) is 0 Å². The molecule has 1 fully saturated rings. The van der Waals surface area contributed by atoms with Crippen molar-refractivity contribution in [1.82, 2.24) is 25.3 Å². The van der Waals surface area contributed by atoms with Crippen LogP contribution in [0.15, 0.2) is 73.1 Å². The summed E-state index contributed by atoms with van der Waals surface area (Å²) < 4.78 is 5.72. The molecule has 41 heavy (non-hydrogen) atoms. The van der Waals surface area contributed by atoms with Crippen molar-refractivity contribution in [3.63, 3.8) is 0 Å². The molecule has 4 N–H and O–H groups in total. The van der Waals surface area contributed by atoms with Crippen molar-refractivity contribution >= 4 is 35.1 Å². The number of rotatable bonds is 6. The highest BCUT2D eigenvalue weighted by atomic mass is 16.5. The zero-order valence-electron chi connectivity index (χ0n) is 23.0. The van der Waals surface area contributed by atoms with Crippen LogP contribution in [-0.2, 0) is 4.74 Å². The normalized spacial score (nSPS) is 16.5. The van der Waals surface area contributed by atoms with Crippen LogP contribution in [0.2, 0.25) is 0 Å². The molecule has 0 saturated carbocycles. The van der Waals surface area contributed by atoms with Crippen LogP contribution < -0.4 is 26.2 Å². The first-order chi connectivity index (χ1) is 19.9. The zero-order valence-corrected chi connectivity index (χ0v) is 23.0. The van der Waals surface area contributed by atoms with Gasteiger partial charge in [0.2, 0.25) is 5.95 Å². The van der Waals surface area contributed by atoms with Crippen molar-refractivity contribution in [3.05, 3.63) is 73.1 Å². The SMILES string of the molecule is CNC(=O)Nc1ccc(-c2nc(-c3ccc(NC(=O)Nc4ccncc4)cc3)nc(N3C(C)COCC3C)n2)cc1. The van der Waals surface area contributed by atoms with Crippen molar-refractivity contribution in [1.29, 1.82) is 0 Å². The minimum atomic E-state index is -0.363. The number of hydrogen-bond donors (Lipinski definition) is 4. The quantitative estimate of drug-likeness (QED) is 0.271. The van der Waals surface area contributed by atoms with E-state index in [1.807, 2.05) is 24.3 Å². The van der Waals surface area contributed by atoms with Crippen LogP contribution in [0.1, 0.15) is 13.8 Å². The summed E-state index contributed by atoms with van der Waals surface area (Å²) >= 11 is 0. The van der Waals surface area contributed by atoms with E-state index < -0.39 is 0 Å². The van der Waals surface area contributed by atoms with E-state index in [1.54, 1.807) is 55.8 Å². The summed E-state index contributed by atoms with van der Waals surface area (Å²) in [6, 6.07) is 17.5. The molecular weight excluding hydrogens is 522 g/mol. The fourth-order valence-corrected chi connectivity index (χ4v) is 4.46. The van der Waals surface area contributed by atoms with Gasteiger partial charge < -0.3 is 30.9 Å². The number of ether oxygens (including phenoxy) is 1. The maximum atomic E-state index is 12.4. The highest BCUT2D eigenvalue weighted by Crippen LogP contribution is 2.28. The van der Waals surface area contributed by atoms with Crippen LogP contribution in [-0.4, -0.2) is 64.3 Å². The van der Waals surface area contributed by atoms with E-state index in [2.05, 4.69) is 45.0 Å². The van der Waals surface area contributed by atoms with Gasteiger partial charge in [-0.05, 0) is 74.5 Å². The molecule has 0 aliphatic carbocycles. The number of nitrogens with one attached hydrogen (secondary N) is 4. The van der Waals surface area contributed by atoms with Gasteiger partial charge in [0.15, 0.2) is 11.6 Å². The number of aromatic nitrogens is 4. The van der Waals surface area contributed by atoms with Gasteiger partial charge in [0.1, 0.15) is 0 Å². The minimum absolute atomic E-state index is 0.0754. The molecule has 1 saturated heterocycles. The molecule has 3 heterocycles. The Morgan fingerprint density at radius 2 is 1.17 bits per heavy atom. The lowest BCUT2D eigenvalue weighted by Crippen LogP contribution is -2.50. The highest BCUT2D eigenvalue weighted by Gasteiger charge is 2.29. The molecule has 210 valence electrons. The molecule has 2 atom stereocenters. The first kappa shape index (κ1) is 27.5. The van der Waals surface area contributed by atoms with E-state index in [-0.39, 0.29) is 24.1 Å². The Morgan fingerprint density at radius 3 is 1.66 bits per heavy atom.